The molecule has 0 aliphatic carbocycles. The van der Waals surface area contributed by atoms with Gasteiger partial charge < -0.3 is 10.2 Å². The molecule has 1 aromatic carbocycles. The molecule has 1 fully saturated rings. The summed E-state index contributed by atoms with van der Waals surface area (Å²) in [6, 6.07) is 6.48. The Morgan fingerprint density at radius 3 is 2.25 bits per heavy atom. The van der Waals surface area contributed by atoms with Gasteiger partial charge in [-0.25, -0.2) is 0 Å². The van der Waals surface area contributed by atoms with Crippen molar-refractivity contribution in [1.82, 2.24) is 10.2 Å². The number of thioether (sulfide) groups is 1. The molecule has 1 saturated heterocycles. The minimum absolute atomic E-state index is 0.239. The Labute approximate surface area is 126 Å². The van der Waals surface area contributed by atoms with Crippen LogP contribution >= 0.6 is 11.8 Å². The van der Waals surface area contributed by atoms with Crippen LogP contribution in [0.2, 0.25) is 0 Å². The molecule has 0 spiro atoms. The van der Waals surface area contributed by atoms with E-state index in [0.717, 1.165) is 26.2 Å². The number of nitrogens with zero attached hydrogens (tertiary/aromatic N) is 1. The number of hydrogen-bond acceptors (Lipinski definition) is 3. The molecule has 2 rings (SSSR count). The Hall–Kier alpha value is -1.00. The SMILES string of the molecule is Cc1cc(C)cc(SC(C)(C)C(=O)N2CCNCC2)c1. The molecular formula is C16H24N2OS. The monoisotopic (exact) mass is 292 g/mol. The molecule has 110 valence electrons. The maximum atomic E-state index is 12.7. The lowest BCUT2D eigenvalue weighted by molar-refractivity contribution is -0.133. The van der Waals surface area contributed by atoms with Crippen LogP contribution in [0.1, 0.15) is 25.0 Å². The van der Waals surface area contributed by atoms with Crippen LogP contribution in [-0.2, 0) is 4.79 Å². The number of benzene rings is 1. The molecule has 1 aliphatic heterocycles. The molecule has 1 amide bonds. The summed E-state index contributed by atoms with van der Waals surface area (Å²) in [6.45, 7) is 11.7. The molecule has 1 aromatic rings. The highest BCUT2D eigenvalue weighted by Crippen LogP contribution is 2.35. The lowest BCUT2D eigenvalue weighted by atomic mass is 10.1. The largest absolute Gasteiger partial charge is 0.339 e. The predicted molar refractivity (Wildman–Crippen MR) is 85.3 cm³/mol. The molecular weight excluding hydrogens is 268 g/mol. The highest BCUT2D eigenvalue weighted by molar-refractivity contribution is 8.01. The Morgan fingerprint density at radius 1 is 1.15 bits per heavy atom. The molecule has 0 aromatic heterocycles. The molecule has 4 heteroatoms. The van der Waals surface area contributed by atoms with Crippen LogP contribution in [-0.4, -0.2) is 41.7 Å². The summed E-state index contributed by atoms with van der Waals surface area (Å²) >= 11 is 1.66. The van der Waals surface area contributed by atoms with Gasteiger partial charge in [0.1, 0.15) is 0 Å². The molecule has 1 heterocycles. The summed E-state index contributed by atoms with van der Waals surface area (Å²) in [5.74, 6) is 0.239. The zero-order valence-corrected chi connectivity index (χ0v) is 13.6. The van der Waals surface area contributed by atoms with Crippen molar-refractivity contribution < 1.29 is 4.79 Å². The molecule has 0 bridgehead atoms. The maximum absolute atomic E-state index is 12.7. The third-order valence-electron chi connectivity index (χ3n) is 3.49. The van der Waals surface area contributed by atoms with Crippen molar-refractivity contribution in [2.75, 3.05) is 26.2 Å². The van der Waals surface area contributed by atoms with Gasteiger partial charge in [-0.15, -0.1) is 11.8 Å². The summed E-state index contributed by atoms with van der Waals surface area (Å²) < 4.78 is -0.419. The zero-order chi connectivity index (χ0) is 14.8. The molecule has 1 N–H and O–H groups in total. The van der Waals surface area contributed by atoms with E-state index in [1.807, 2.05) is 18.7 Å². The first kappa shape index (κ1) is 15.4. The van der Waals surface area contributed by atoms with Gasteiger partial charge in [-0.2, -0.15) is 0 Å². The number of carbonyl (C=O) groups is 1. The fraction of sp³-hybridized carbons (Fsp3) is 0.562. The Bertz CT molecular complexity index is 473. The van der Waals surface area contributed by atoms with Crippen LogP contribution in [0.4, 0.5) is 0 Å². The van der Waals surface area contributed by atoms with Gasteiger partial charge in [0.15, 0.2) is 0 Å². The fourth-order valence-corrected chi connectivity index (χ4v) is 3.87. The highest BCUT2D eigenvalue weighted by Gasteiger charge is 2.33. The van der Waals surface area contributed by atoms with E-state index in [4.69, 9.17) is 0 Å². The van der Waals surface area contributed by atoms with Gasteiger partial charge in [0.05, 0.1) is 4.75 Å². The number of amides is 1. The third kappa shape index (κ3) is 3.76. The van der Waals surface area contributed by atoms with E-state index >= 15 is 0 Å². The minimum atomic E-state index is -0.419. The summed E-state index contributed by atoms with van der Waals surface area (Å²) in [5.41, 5.74) is 2.50. The molecule has 20 heavy (non-hydrogen) atoms. The van der Waals surface area contributed by atoms with Crippen LogP contribution < -0.4 is 5.32 Å². The van der Waals surface area contributed by atoms with E-state index in [2.05, 4.69) is 37.4 Å². The second-order valence-corrected chi connectivity index (χ2v) is 7.67. The highest BCUT2D eigenvalue weighted by atomic mass is 32.2. The van der Waals surface area contributed by atoms with E-state index in [1.165, 1.54) is 16.0 Å². The maximum Gasteiger partial charge on any atom is 0.238 e. The molecule has 0 unspecified atom stereocenters. The first-order valence-electron chi connectivity index (χ1n) is 7.16. The smallest absolute Gasteiger partial charge is 0.238 e. The number of carbonyl (C=O) groups excluding carboxylic acids is 1. The molecule has 0 saturated carbocycles. The van der Waals surface area contributed by atoms with Crippen molar-refractivity contribution in [3.8, 4) is 0 Å². The zero-order valence-electron chi connectivity index (χ0n) is 12.8. The quantitative estimate of drug-likeness (QED) is 0.869. The van der Waals surface area contributed by atoms with E-state index in [-0.39, 0.29) is 5.91 Å². The van der Waals surface area contributed by atoms with Crippen LogP contribution in [0.5, 0.6) is 0 Å². The molecule has 1 aliphatic rings. The summed E-state index contributed by atoms with van der Waals surface area (Å²) in [5, 5.41) is 3.28. The molecule has 0 atom stereocenters. The van der Waals surface area contributed by atoms with E-state index in [0.29, 0.717) is 0 Å². The fourth-order valence-electron chi connectivity index (χ4n) is 2.58. The summed E-state index contributed by atoms with van der Waals surface area (Å²) in [4.78, 5) is 15.8. The van der Waals surface area contributed by atoms with E-state index < -0.39 is 4.75 Å². The van der Waals surface area contributed by atoms with Crippen LogP contribution in [0.3, 0.4) is 0 Å². The van der Waals surface area contributed by atoms with Crippen molar-refractivity contribution in [2.45, 2.75) is 37.3 Å². The van der Waals surface area contributed by atoms with Gasteiger partial charge in [-0.1, -0.05) is 6.07 Å². The number of hydrogen-bond donors (Lipinski definition) is 1. The topological polar surface area (TPSA) is 32.3 Å². The van der Waals surface area contributed by atoms with Crippen molar-refractivity contribution in [1.29, 1.82) is 0 Å². The Kier molecular flexibility index (Phi) is 4.76. The standard InChI is InChI=1S/C16H24N2OS/c1-12-9-13(2)11-14(10-12)20-16(3,4)15(19)18-7-5-17-6-8-18/h9-11,17H,5-8H2,1-4H3. The van der Waals surface area contributed by atoms with Crippen molar-refractivity contribution in [3.05, 3.63) is 29.3 Å². The third-order valence-corrected chi connectivity index (χ3v) is 4.64. The van der Waals surface area contributed by atoms with Crippen molar-refractivity contribution in [2.24, 2.45) is 0 Å². The number of piperazine rings is 1. The Balaban J connectivity index is 2.10. The Morgan fingerprint density at radius 2 is 1.70 bits per heavy atom. The van der Waals surface area contributed by atoms with Crippen molar-refractivity contribution >= 4 is 17.7 Å². The normalized spacial score (nSPS) is 16.3. The van der Waals surface area contributed by atoms with Gasteiger partial charge in [0, 0.05) is 31.1 Å². The van der Waals surface area contributed by atoms with Gasteiger partial charge in [0.2, 0.25) is 5.91 Å². The summed E-state index contributed by atoms with van der Waals surface area (Å²) in [7, 11) is 0. The molecule has 0 radical (unpaired) electrons. The minimum Gasteiger partial charge on any atom is -0.339 e. The van der Waals surface area contributed by atoms with Crippen LogP contribution in [0, 0.1) is 13.8 Å². The van der Waals surface area contributed by atoms with Gasteiger partial charge in [-0.3, -0.25) is 4.79 Å². The summed E-state index contributed by atoms with van der Waals surface area (Å²) in [6.07, 6.45) is 0. The van der Waals surface area contributed by atoms with Crippen LogP contribution in [0.15, 0.2) is 23.1 Å². The van der Waals surface area contributed by atoms with E-state index in [1.54, 1.807) is 11.8 Å². The second kappa shape index (κ2) is 6.19. The van der Waals surface area contributed by atoms with Gasteiger partial charge in [-0.05, 0) is 51.0 Å². The number of nitrogens with one attached hydrogen (secondary N) is 1. The number of aryl methyl sites for hydroxylation is 2. The first-order chi connectivity index (χ1) is 9.38. The van der Waals surface area contributed by atoms with Crippen LogP contribution in [0.25, 0.3) is 0 Å². The lowest BCUT2D eigenvalue weighted by Crippen LogP contribution is -2.51. The first-order valence-corrected chi connectivity index (χ1v) is 7.97. The number of rotatable bonds is 3. The van der Waals surface area contributed by atoms with Gasteiger partial charge >= 0.3 is 0 Å². The van der Waals surface area contributed by atoms with Gasteiger partial charge in [0.25, 0.3) is 0 Å². The molecule has 3 nitrogen and oxygen atoms in total. The second-order valence-electron chi connectivity index (χ2n) is 5.98. The average molecular weight is 292 g/mol. The predicted octanol–water partition coefficient (Wildman–Crippen LogP) is 2.61. The van der Waals surface area contributed by atoms with E-state index in [9.17, 15) is 4.79 Å². The lowest BCUT2D eigenvalue weighted by Gasteiger charge is -2.34. The van der Waals surface area contributed by atoms with Crippen molar-refractivity contribution in [3.63, 3.8) is 0 Å². The average Bonchev–Trinajstić information content (AvgIpc) is 2.37.